The van der Waals surface area contributed by atoms with Gasteiger partial charge in [-0.3, -0.25) is 9.59 Å². The van der Waals surface area contributed by atoms with E-state index in [0.717, 1.165) is 37.1 Å². The first kappa shape index (κ1) is 18.8. The Morgan fingerprint density at radius 3 is 2.67 bits per heavy atom. The van der Waals surface area contributed by atoms with E-state index in [1.165, 1.54) is 17.3 Å². The number of carbonyl (C=O) groups is 2. The molecular formula is C20H21F2N3O2. The van der Waals surface area contributed by atoms with Crippen LogP contribution >= 0.6 is 0 Å². The fourth-order valence-electron chi connectivity index (χ4n) is 3.16. The highest BCUT2D eigenvalue weighted by atomic mass is 19.2. The number of amides is 2. The maximum atomic E-state index is 13.1. The molecule has 1 heterocycles. The van der Waals surface area contributed by atoms with Crippen LogP contribution in [0.15, 0.2) is 36.4 Å². The summed E-state index contributed by atoms with van der Waals surface area (Å²) < 4.78 is 26.0. The molecule has 1 aliphatic heterocycles. The van der Waals surface area contributed by atoms with Gasteiger partial charge in [0.15, 0.2) is 11.6 Å². The van der Waals surface area contributed by atoms with Crippen molar-refractivity contribution < 1.29 is 18.4 Å². The second-order valence-corrected chi connectivity index (χ2v) is 6.58. The molecule has 0 aliphatic carbocycles. The Kier molecular flexibility index (Phi) is 5.69. The number of carbonyl (C=O) groups excluding carboxylic acids is 2. The van der Waals surface area contributed by atoms with Gasteiger partial charge in [0, 0.05) is 37.6 Å². The summed E-state index contributed by atoms with van der Waals surface area (Å²) in [7, 11) is 2.07. The molecular weight excluding hydrogens is 352 g/mol. The zero-order chi connectivity index (χ0) is 19.4. The molecule has 0 saturated carbocycles. The number of rotatable bonds is 4. The third-order valence-corrected chi connectivity index (χ3v) is 4.58. The van der Waals surface area contributed by atoms with Crippen LogP contribution in [0.25, 0.3) is 0 Å². The van der Waals surface area contributed by atoms with Gasteiger partial charge in [-0.15, -0.1) is 0 Å². The first-order valence-electron chi connectivity index (χ1n) is 8.81. The van der Waals surface area contributed by atoms with Crippen LogP contribution in [0.5, 0.6) is 0 Å². The van der Waals surface area contributed by atoms with E-state index >= 15 is 0 Å². The number of hydrogen-bond donors (Lipinski definition) is 2. The van der Waals surface area contributed by atoms with Crippen LogP contribution in [0, 0.1) is 11.6 Å². The zero-order valence-corrected chi connectivity index (χ0v) is 15.0. The highest BCUT2D eigenvalue weighted by molar-refractivity contribution is 6.39. The SMILES string of the molecule is CN1CCCc2cc(CCNC(=O)C(=O)Nc3ccc(F)c(F)c3)ccc21. The number of aryl methyl sites for hydroxylation is 1. The summed E-state index contributed by atoms with van der Waals surface area (Å²) >= 11 is 0. The Morgan fingerprint density at radius 2 is 1.89 bits per heavy atom. The van der Waals surface area contributed by atoms with Crippen molar-refractivity contribution in [2.75, 3.05) is 30.4 Å². The summed E-state index contributed by atoms with van der Waals surface area (Å²) in [6, 6.07) is 9.14. The van der Waals surface area contributed by atoms with Crippen LogP contribution in [-0.4, -0.2) is 32.0 Å². The predicted molar refractivity (Wildman–Crippen MR) is 99.7 cm³/mol. The van der Waals surface area contributed by atoms with Gasteiger partial charge in [-0.1, -0.05) is 12.1 Å². The third-order valence-electron chi connectivity index (χ3n) is 4.58. The zero-order valence-electron chi connectivity index (χ0n) is 15.0. The van der Waals surface area contributed by atoms with Crippen molar-refractivity contribution in [3.63, 3.8) is 0 Å². The molecule has 1 aliphatic rings. The monoisotopic (exact) mass is 373 g/mol. The molecule has 2 aromatic rings. The molecule has 27 heavy (non-hydrogen) atoms. The van der Waals surface area contributed by atoms with Crippen LogP contribution in [0.4, 0.5) is 20.2 Å². The number of halogens is 2. The molecule has 0 spiro atoms. The van der Waals surface area contributed by atoms with E-state index in [2.05, 4.69) is 34.7 Å². The van der Waals surface area contributed by atoms with Crippen LogP contribution in [0.2, 0.25) is 0 Å². The molecule has 5 nitrogen and oxygen atoms in total. The van der Waals surface area contributed by atoms with Gasteiger partial charge in [-0.25, -0.2) is 8.78 Å². The van der Waals surface area contributed by atoms with E-state index in [0.29, 0.717) is 13.0 Å². The third kappa shape index (κ3) is 4.61. The van der Waals surface area contributed by atoms with E-state index in [1.54, 1.807) is 0 Å². The summed E-state index contributed by atoms with van der Waals surface area (Å²) in [4.78, 5) is 25.9. The number of nitrogens with zero attached hydrogens (tertiary/aromatic N) is 1. The molecule has 0 fully saturated rings. The molecule has 2 N–H and O–H groups in total. The molecule has 0 atom stereocenters. The Hall–Kier alpha value is -2.96. The number of benzene rings is 2. The van der Waals surface area contributed by atoms with Gasteiger partial charge in [0.05, 0.1) is 0 Å². The van der Waals surface area contributed by atoms with Gasteiger partial charge < -0.3 is 15.5 Å². The van der Waals surface area contributed by atoms with Crippen molar-refractivity contribution in [2.24, 2.45) is 0 Å². The smallest absolute Gasteiger partial charge is 0.313 e. The molecule has 0 bridgehead atoms. The van der Waals surface area contributed by atoms with Crippen molar-refractivity contribution in [2.45, 2.75) is 19.3 Å². The fourth-order valence-corrected chi connectivity index (χ4v) is 3.16. The summed E-state index contributed by atoms with van der Waals surface area (Å²) in [5.41, 5.74) is 3.64. The summed E-state index contributed by atoms with van der Waals surface area (Å²) in [6.07, 6.45) is 2.76. The Bertz CT molecular complexity index is 870. The van der Waals surface area contributed by atoms with E-state index in [-0.39, 0.29) is 5.69 Å². The van der Waals surface area contributed by atoms with Crippen LogP contribution in [0.3, 0.4) is 0 Å². The van der Waals surface area contributed by atoms with Gasteiger partial charge in [0.1, 0.15) is 0 Å². The summed E-state index contributed by atoms with van der Waals surface area (Å²) in [5, 5.41) is 4.78. The van der Waals surface area contributed by atoms with E-state index in [1.807, 2.05) is 6.07 Å². The second kappa shape index (κ2) is 8.16. The van der Waals surface area contributed by atoms with Crippen LogP contribution in [-0.2, 0) is 22.4 Å². The minimum atomic E-state index is -1.09. The molecule has 2 aromatic carbocycles. The van der Waals surface area contributed by atoms with Crippen molar-refractivity contribution in [3.05, 3.63) is 59.2 Å². The van der Waals surface area contributed by atoms with Gasteiger partial charge in [-0.05, 0) is 48.6 Å². The van der Waals surface area contributed by atoms with Gasteiger partial charge >= 0.3 is 11.8 Å². The van der Waals surface area contributed by atoms with Gasteiger partial charge in [-0.2, -0.15) is 0 Å². The lowest BCUT2D eigenvalue weighted by Crippen LogP contribution is -2.36. The minimum Gasteiger partial charge on any atom is -0.374 e. The first-order chi connectivity index (χ1) is 12.9. The molecule has 0 unspecified atom stereocenters. The van der Waals surface area contributed by atoms with Crippen molar-refractivity contribution >= 4 is 23.2 Å². The lowest BCUT2D eigenvalue weighted by molar-refractivity contribution is -0.136. The number of nitrogens with one attached hydrogen (secondary N) is 2. The average Bonchev–Trinajstić information content (AvgIpc) is 2.65. The van der Waals surface area contributed by atoms with Crippen LogP contribution < -0.4 is 15.5 Å². The quantitative estimate of drug-likeness (QED) is 0.810. The molecule has 7 heteroatoms. The Morgan fingerprint density at radius 1 is 1.07 bits per heavy atom. The van der Waals surface area contributed by atoms with Crippen LogP contribution in [0.1, 0.15) is 17.5 Å². The molecule has 0 radical (unpaired) electrons. The first-order valence-corrected chi connectivity index (χ1v) is 8.81. The van der Waals surface area contributed by atoms with E-state index in [4.69, 9.17) is 0 Å². The standard InChI is InChI=1S/C20H21F2N3O2/c1-25-10-2-3-14-11-13(4-7-18(14)25)8-9-23-19(26)20(27)24-15-5-6-16(21)17(22)12-15/h4-7,11-12H,2-3,8-10H2,1H3,(H,23,26)(H,24,27). The normalized spacial score (nSPS) is 13.1. The van der Waals surface area contributed by atoms with Gasteiger partial charge in [0.25, 0.3) is 0 Å². The highest BCUT2D eigenvalue weighted by Gasteiger charge is 2.16. The number of anilines is 2. The maximum Gasteiger partial charge on any atom is 0.313 e. The number of hydrogen-bond acceptors (Lipinski definition) is 3. The number of fused-ring (bicyclic) bond motifs is 1. The average molecular weight is 373 g/mol. The second-order valence-electron chi connectivity index (χ2n) is 6.58. The Labute approximate surface area is 156 Å². The van der Waals surface area contributed by atoms with E-state index < -0.39 is 23.4 Å². The van der Waals surface area contributed by atoms with Crippen molar-refractivity contribution in [1.82, 2.24) is 5.32 Å². The highest BCUT2D eigenvalue weighted by Crippen LogP contribution is 2.26. The predicted octanol–water partition coefficient (Wildman–Crippen LogP) is 2.64. The molecule has 142 valence electrons. The largest absolute Gasteiger partial charge is 0.374 e. The fraction of sp³-hybridized carbons (Fsp3) is 0.300. The van der Waals surface area contributed by atoms with Crippen molar-refractivity contribution in [1.29, 1.82) is 0 Å². The summed E-state index contributed by atoms with van der Waals surface area (Å²) in [6.45, 7) is 1.36. The maximum absolute atomic E-state index is 13.1. The molecule has 0 aromatic heterocycles. The molecule has 2 amide bonds. The van der Waals surface area contributed by atoms with E-state index in [9.17, 15) is 18.4 Å². The minimum absolute atomic E-state index is 0.0212. The lowest BCUT2D eigenvalue weighted by atomic mass is 9.98. The topological polar surface area (TPSA) is 61.4 Å². The lowest BCUT2D eigenvalue weighted by Gasteiger charge is -2.27. The Balaban J connectivity index is 1.50. The molecule has 3 rings (SSSR count). The summed E-state index contributed by atoms with van der Waals surface area (Å²) in [5.74, 6) is -3.86. The van der Waals surface area contributed by atoms with Crippen molar-refractivity contribution in [3.8, 4) is 0 Å². The van der Waals surface area contributed by atoms with Gasteiger partial charge in [0.2, 0.25) is 0 Å². The molecule has 0 saturated heterocycles.